The Hall–Kier alpha value is -5.15. The van der Waals surface area contributed by atoms with Crippen LogP contribution in [-0.4, -0.2) is 76.7 Å². The molecule has 0 bridgehead atoms. The number of benzene rings is 3. The van der Waals surface area contributed by atoms with E-state index in [4.69, 9.17) is 5.73 Å². The maximum Gasteiger partial charge on any atom is 0.329 e. The monoisotopic (exact) mass is 708 g/mol. The molecule has 15 heteroatoms. The average molecular weight is 709 g/mol. The fourth-order valence-electron chi connectivity index (χ4n) is 6.23. The summed E-state index contributed by atoms with van der Waals surface area (Å²) in [5.74, 6) is -3.78. The van der Waals surface area contributed by atoms with Crippen molar-refractivity contribution in [1.29, 1.82) is 0 Å². The van der Waals surface area contributed by atoms with Crippen LogP contribution in [0.3, 0.4) is 0 Å². The molecule has 272 valence electrons. The Kier molecular flexibility index (Phi) is 12.5. The van der Waals surface area contributed by atoms with Crippen LogP contribution in [0, 0.1) is 17.5 Å². The van der Waals surface area contributed by atoms with Crippen molar-refractivity contribution in [1.82, 2.24) is 30.0 Å². The van der Waals surface area contributed by atoms with E-state index in [0.29, 0.717) is 41.9 Å². The van der Waals surface area contributed by atoms with Crippen LogP contribution in [0.4, 0.5) is 23.7 Å². The number of imidazole rings is 1. The summed E-state index contributed by atoms with van der Waals surface area (Å²) >= 11 is 0. The third-order valence-corrected chi connectivity index (χ3v) is 8.85. The van der Waals surface area contributed by atoms with Gasteiger partial charge in [0.15, 0.2) is 11.6 Å². The minimum absolute atomic E-state index is 0.0958. The summed E-state index contributed by atoms with van der Waals surface area (Å²) in [5, 5.41) is 10.5. The van der Waals surface area contributed by atoms with Crippen molar-refractivity contribution < 1.29 is 27.6 Å². The van der Waals surface area contributed by atoms with Gasteiger partial charge in [-0.1, -0.05) is 18.2 Å². The van der Waals surface area contributed by atoms with E-state index >= 15 is 0 Å². The summed E-state index contributed by atoms with van der Waals surface area (Å²) in [6.45, 7) is 5.40. The summed E-state index contributed by atoms with van der Waals surface area (Å²) in [7, 11) is 0. The lowest BCUT2D eigenvalue weighted by atomic mass is 10.0. The summed E-state index contributed by atoms with van der Waals surface area (Å²) in [4.78, 5) is 55.5. The number of nitrogens with zero attached hydrogens (tertiary/aromatic N) is 3. The first kappa shape index (κ1) is 37.1. The molecule has 1 saturated heterocycles. The molecule has 0 unspecified atom stereocenters. The highest BCUT2D eigenvalue weighted by Crippen LogP contribution is 2.21. The second-order valence-electron chi connectivity index (χ2n) is 12.5. The van der Waals surface area contributed by atoms with Gasteiger partial charge >= 0.3 is 11.7 Å². The molecule has 6 N–H and O–H groups in total. The molecule has 0 radical (unpaired) electrons. The smallest absolute Gasteiger partial charge is 0.329 e. The van der Waals surface area contributed by atoms with Crippen molar-refractivity contribution in [2.24, 2.45) is 5.73 Å². The Labute approximate surface area is 293 Å². The molecular formula is C36H43F3N8O4. The van der Waals surface area contributed by atoms with E-state index in [-0.39, 0.29) is 37.2 Å². The molecule has 0 saturated carbocycles. The zero-order chi connectivity index (χ0) is 36.5. The Balaban J connectivity index is 1.40. The Bertz CT molecular complexity index is 1910. The number of rotatable bonds is 15. The second kappa shape index (κ2) is 17.2. The topological polar surface area (TPSA) is 156 Å². The van der Waals surface area contributed by atoms with Gasteiger partial charge in [-0.25, -0.2) is 22.8 Å². The number of fused-ring (bicyclic) bond motifs is 1. The molecule has 12 nitrogen and oxygen atoms in total. The molecule has 3 aromatic carbocycles. The van der Waals surface area contributed by atoms with Gasteiger partial charge in [0.25, 0.3) is 0 Å². The number of amides is 4. The van der Waals surface area contributed by atoms with Gasteiger partial charge in [-0.3, -0.25) is 18.7 Å². The number of halogens is 3. The van der Waals surface area contributed by atoms with Crippen LogP contribution in [0.1, 0.15) is 37.3 Å². The molecule has 2 atom stereocenters. The molecule has 1 fully saturated rings. The minimum Gasteiger partial charge on any atom is -0.355 e. The number of urea groups is 1. The lowest BCUT2D eigenvalue weighted by Crippen LogP contribution is -2.55. The van der Waals surface area contributed by atoms with Gasteiger partial charge in [-0.05, 0) is 99.4 Å². The Morgan fingerprint density at radius 2 is 1.53 bits per heavy atom. The first-order valence-electron chi connectivity index (χ1n) is 17.1. The lowest BCUT2D eigenvalue weighted by molar-refractivity contribution is -0.130. The zero-order valence-corrected chi connectivity index (χ0v) is 28.4. The average Bonchev–Trinajstić information content (AvgIpc) is 3.71. The SMILES string of the molecule is CCNC(=O)[C@H](CCN)NC(=O)[C@H](Cc1ccc(F)c(F)c1)NC(=O)Nc1ccc2c(c1)n(Cc1ccc(F)cc1)c(=O)n2CCN1CCCC1. The molecule has 1 aliphatic rings. The number of likely N-dealkylation sites (tertiary alicyclic amines) is 1. The number of carbonyl (C=O) groups excluding carboxylic acids is 3. The van der Waals surface area contributed by atoms with Crippen molar-refractivity contribution in [3.8, 4) is 0 Å². The van der Waals surface area contributed by atoms with Gasteiger partial charge < -0.3 is 31.9 Å². The highest BCUT2D eigenvalue weighted by atomic mass is 19.2. The largest absolute Gasteiger partial charge is 0.355 e. The molecule has 2 heterocycles. The quantitative estimate of drug-likeness (QED) is 0.128. The van der Waals surface area contributed by atoms with E-state index in [1.807, 2.05) is 0 Å². The third kappa shape index (κ3) is 9.55. The van der Waals surface area contributed by atoms with E-state index in [9.17, 15) is 32.3 Å². The van der Waals surface area contributed by atoms with Gasteiger partial charge in [0.2, 0.25) is 11.8 Å². The molecule has 4 amide bonds. The van der Waals surface area contributed by atoms with Crippen molar-refractivity contribution >= 4 is 34.6 Å². The Morgan fingerprint density at radius 3 is 2.22 bits per heavy atom. The van der Waals surface area contributed by atoms with E-state index in [0.717, 1.165) is 38.1 Å². The van der Waals surface area contributed by atoms with Gasteiger partial charge in [-0.2, -0.15) is 0 Å². The Morgan fingerprint density at radius 1 is 0.804 bits per heavy atom. The van der Waals surface area contributed by atoms with Crippen LogP contribution in [0.5, 0.6) is 0 Å². The highest BCUT2D eigenvalue weighted by molar-refractivity contribution is 5.96. The molecule has 0 spiro atoms. The van der Waals surface area contributed by atoms with Crippen LogP contribution in [0.2, 0.25) is 0 Å². The van der Waals surface area contributed by atoms with E-state index in [1.54, 1.807) is 46.4 Å². The number of likely N-dealkylation sites (N-methyl/N-ethyl adjacent to an activating group) is 1. The van der Waals surface area contributed by atoms with Crippen molar-refractivity contribution in [3.63, 3.8) is 0 Å². The maximum atomic E-state index is 14.1. The minimum atomic E-state index is -1.31. The first-order valence-corrected chi connectivity index (χ1v) is 17.1. The molecule has 5 rings (SSSR count). The lowest BCUT2D eigenvalue weighted by Gasteiger charge is -2.23. The highest BCUT2D eigenvalue weighted by Gasteiger charge is 2.27. The number of hydrogen-bond acceptors (Lipinski definition) is 6. The van der Waals surface area contributed by atoms with Gasteiger partial charge in [0.05, 0.1) is 17.6 Å². The second-order valence-corrected chi connectivity index (χ2v) is 12.5. The normalized spacial score (nSPS) is 14.3. The van der Waals surface area contributed by atoms with Crippen LogP contribution >= 0.6 is 0 Å². The summed E-state index contributed by atoms with van der Waals surface area (Å²) in [6, 6.07) is 10.9. The fourth-order valence-corrected chi connectivity index (χ4v) is 6.23. The number of hydrogen-bond donors (Lipinski definition) is 5. The van der Waals surface area contributed by atoms with Gasteiger partial charge in [0, 0.05) is 31.7 Å². The maximum absolute atomic E-state index is 14.1. The number of nitrogens with two attached hydrogens (primary N) is 1. The summed E-state index contributed by atoms with van der Waals surface area (Å²) in [6.07, 6.45) is 2.13. The van der Waals surface area contributed by atoms with Gasteiger partial charge in [0.1, 0.15) is 17.9 Å². The van der Waals surface area contributed by atoms with Crippen LogP contribution < -0.4 is 32.7 Å². The van der Waals surface area contributed by atoms with Crippen LogP contribution in [0.15, 0.2) is 65.5 Å². The number of nitrogens with one attached hydrogen (secondary N) is 4. The predicted molar refractivity (Wildman–Crippen MR) is 188 cm³/mol. The van der Waals surface area contributed by atoms with Crippen LogP contribution in [0.25, 0.3) is 11.0 Å². The van der Waals surface area contributed by atoms with Crippen molar-refractivity contribution in [2.75, 3.05) is 38.0 Å². The fraction of sp³-hybridized carbons (Fsp3) is 0.389. The summed E-state index contributed by atoms with van der Waals surface area (Å²) < 4.78 is 44.6. The van der Waals surface area contributed by atoms with Crippen LogP contribution in [-0.2, 0) is 29.1 Å². The molecule has 0 aliphatic carbocycles. The molecular weight excluding hydrogens is 665 g/mol. The summed E-state index contributed by atoms with van der Waals surface area (Å²) in [5.41, 5.74) is 7.84. The zero-order valence-electron chi connectivity index (χ0n) is 28.4. The standard InChI is InChI=1S/C36H43F3N8O4/c1-2-41-33(48)29(13-14-40)43-34(49)30(20-24-7-11-27(38)28(39)19-24)44-35(50)42-26-10-12-31-32(21-26)47(22-23-5-8-25(37)9-6-23)36(51)46(31)18-17-45-15-3-4-16-45/h5-12,19,21,29-30H,2-4,13-18,20,22,40H2,1H3,(H,41,48)(H,43,49)(H2,42,44,50)/t29-,30-/m0/s1. The number of anilines is 1. The molecule has 4 aromatic rings. The molecule has 1 aromatic heterocycles. The third-order valence-electron chi connectivity index (χ3n) is 8.85. The van der Waals surface area contributed by atoms with Crippen molar-refractivity contribution in [3.05, 3.63) is 99.7 Å². The van der Waals surface area contributed by atoms with Crippen molar-refractivity contribution in [2.45, 2.75) is 57.8 Å². The first-order chi connectivity index (χ1) is 24.6. The number of aromatic nitrogens is 2. The number of carbonyl (C=O) groups is 3. The van der Waals surface area contributed by atoms with E-state index in [2.05, 4.69) is 26.2 Å². The van der Waals surface area contributed by atoms with Gasteiger partial charge in [-0.15, -0.1) is 0 Å². The molecule has 51 heavy (non-hydrogen) atoms. The molecule has 1 aliphatic heterocycles. The van der Waals surface area contributed by atoms with E-state index in [1.165, 1.54) is 18.2 Å². The predicted octanol–water partition coefficient (Wildman–Crippen LogP) is 3.07. The van der Waals surface area contributed by atoms with E-state index < -0.39 is 47.4 Å².